The molecule has 0 aliphatic carbocycles. The highest BCUT2D eigenvalue weighted by atomic mass is 16.5. The largest absolute Gasteiger partial charge is 0.494 e. The van der Waals surface area contributed by atoms with E-state index in [1.807, 2.05) is 19.9 Å². The number of carbonyl (C=O) groups is 1. The third kappa shape index (κ3) is 2.59. The molecule has 0 unspecified atom stereocenters. The van der Waals surface area contributed by atoms with Crippen molar-refractivity contribution in [3.8, 4) is 17.0 Å². The normalized spacial score (nSPS) is 10.4. The van der Waals surface area contributed by atoms with Crippen LogP contribution in [0.25, 0.3) is 11.3 Å². The van der Waals surface area contributed by atoms with Gasteiger partial charge in [0.1, 0.15) is 17.0 Å². The van der Waals surface area contributed by atoms with Gasteiger partial charge in [-0.05, 0) is 19.1 Å². The standard InChI is InChI=1S/C14H15NO4/c1-3-11-12(14(16)17)13(15-19-11)9-6-5-7-10(8-9)18-4-2/h5-8H,3-4H2,1-2H3,(H,16,17). The summed E-state index contributed by atoms with van der Waals surface area (Å²) < 4.78 is 10.5. The van der Waals surface area contributed by atoms with Crippen molar-refractivity contribution in [1.82, 2.24) is 5.16 Å². The van der Waals surface area contributed by atoms with E-state index in [2.05, 4.69) is 5.16 Å². The summed E-state index contributed by atoms with van der Waals surface area (Å²) in [5.74, 6) is 0.0246. The number of benzene rings is 1. The molecule has 1 aromatic heterocycles. The maximum absolute atomic E-state index is 11.3. The maximum Gasteiger partial charge on any atom is 0.341 e. The maximum atomic E-state index is 11.3. The first-order valence-corrected chi connectivity index (χ1v) is 6.12. The van der Waals surface area contributed by atoms with Gasteiger partial charge in [0.2, 0.25) is 0 Å². The fraction of sp³-hybridized carbons (Fsp3) is 0.286. The quantitative estimate of drug-likeness (QED) is 0.895. The second kappa shape index (κ2) is 5.56. The predicted octanol–water partition coefficient (Wildman–Crippen LogP) is 3.00. The second-order valence-electron chi connectivity index (χ2n) is 3.95. The van der Waals surface area contributed by atoms with E-state index in [1.165, 1.54) is 0 Å². The van der Waals surface area contributed by atoms with Gasteiger partial charge in [-0.25, -0.2) is 4.79 Å². The van der Waals surface area contributed by atoms with Crippen molar-refractivity contribution in [2.24, 2.45) is 0 Å². The summed E-state index contributed by atoms with van der Waals surface area (Å²) in [5, 5.41) is 13.1. The van der Waals surface area contributed by atoms with Crippen molar-refractivity contribution in [2.45, 2.75) is 20.3 Å². The molecule has 0 aliphatic heterocycles. The van der Waals surface area contributed by atoms with Gasteiger partial charge in [-0.2, -0.15) is 0 Å². The number of hydrogen-bond acceptors (Lipinski definition) is 4. The minimum Gasteiger partial charge on any atom is -0.494 e. The number of nitrogens with zero attached hydrogens (tertiary/aromatic N) is 1. The number of carboxylic acids is 1. The van der Waals surface area contributed by atoms with E-state index in [1.54, 1.807) is 18.2 Å². The highest BCUT2D eigenvalue weighted by molar-refractivity contribution is 5.95. The highest BCUT2D eigenvalue weighted by Gasteiger charge is 2.22. The Labute approximate surface area is 110 Å². The van der Waals surface area contributed by atoms with Crippen molar-refractivity contribution >= 4 is 5.97 Å². The van der Waals surface area contributed by atoms with E-state index in [0.29, 0.717) is 35.8 Å². The lowest BCUT2D eigenvalue weighted by molar-refractivity contribution is 0.0695. The second-order valence-corrected chi connectivity index (χ2v) is 3.95. The van der Waals surface area contributed by atoms with E-state index in [9.17, 15) is 9.90 Å². The molecule has 5 nitrogen and oxygen atoms in total. The zero-order valence-corrected chi connectivity index (χ0v) is 10.8. The van der Waals surface area contributed by atoms with Crippen LogP contribution in [0, 0.1) is 0 Å². The SMILES string of the molecule is CCOc1cccc(-c2noc(CC)c2C(=O)O)c1. The molecule has 0 aliphatic rings. The zero-order chi connectivity index (χ0) is 13.8. The Hall–Kier alpha value is -2.30. The number of hydrogen-bond donors (Lipinski definition) is 1. The van der Waals surface area contributed by atoms with Gasteiger partial charge in [0.05, 0.1) is 6.61 Å². The zero-order valence-electron chi connectivity index (χ0n) is 10.8. The molecule has 0 saturated heterocycles. The monoisotopic (exact) mass is 261 g/mol. The topological polar surface area (TPSA) is 72.6 Å². The van der Waals surface area contributed by atoms with Crippen molar-refractivity contribution < 1.29 is 19.2 Å². The molecular weight excluding hydrogens is 246 g/mol. The summed E-state index contributed by atoms with van der Waals surface area (Å²) in [5.41, 5.74) is 1.13. The molecule has 1 aromatic carbocycles. The molecule has 0 saturated carbocycles. The Bertz CT molecular complexity index is 589. The number of carboxylic acid groups (broad SMARTS) is 1. The van der Waals surface area contributed by atoms with Crippen LogP contribution in [0.15, 0.2) is 28.8 Å². The minimum atomic E-state index is -1.03. The number of ether oxygens (including phenoxy) is 1. The molecule has 0 radical (unpaired) electrons. The molecule has 1 heterocycles. The Morgan fingerprint density at radius 3 is 2.84 bits per heavy atom. The average Bonchev–Trinajstić information content (AvgIpc) is 2.83. The number of aryl methyl sites for hydroxylation is 1. The van der Waals surface area contributed by atoms with Crippen molar-refractivity contribution in [3.05, 3.63) is 35.6 Å². The number of aromatic carboxylic acids is 1. The molecule has 2 rings (SSSR count). The molecule has 5 heteroatoms. The predicted molar refractivity (Wildman–Crippen MR) is 69.4 cm³/mol. The molecule has 19 heavy (non-hydrogen) atoms. The van der Waals surface area contributed by atoms with Gasteiger partial charge in [-0.3, -0.25) is 0 Å². The molecule has 1 N–H and O–H groups in total. The van der Waals surface area contributed by atoms with Crippen molar-refractivity contribution in [2.75, 3.05) is 6.61 Å². The highest BCUT2D eigenvalue weighted by Crippen LogP contribution is 2.28. The molecule has 100 valence electrons. The van der Waals surface area contributed by atoms with Crippen LogP contribution >= 0.6 is 0 Å². The summed E-state index contributed by atoms with van der Waals surface area (Å²) in [6.07, 6.45) is 0.486. The summed E-state index contributed by atoms with van der Waals surface area (Å²) >= 11 is 0. The molecular formula is C14H15NO4. The van der Waals surface area contributed by atoms with Crippen LogP contribution in [0.4, 0.5) is 0 Å². The van der Waals surface area contributed by atoms with Gasteiger partial charge < -0.3 is 14.4 Å². The van der Waals surface area contributed by atoms with Gasteiger partial charge in [0.25, 0.3) is 0 Å². The third-order valence-electron chi connectivity index (χ3n) is 2.72. The van der Waals surface area contributed by atoms with Crippen LogP contribution in [0.5, 0.6) is 5.75 Å². The van der Waals surface area contributed by atoms with Crippen molar-refractivity contribution in [1.29, 1.82) is 0 Å². The van der Waals surface area contributed by atoms with Gasteiger partial charge >= 0.3 is 5.97 Å². The Morgan fingerprint density at radius 2 is 2.21 bits per heavy atom. The van der Waals surface area contributed by atoms with E-state index in [0.717, 1.165) is 0 Å². The van der Waals surface area contributed by atoms with E-state index < -0.39 is 5.97 Å². The average molecular weight is 261 g/mol. The third-order valence-corrected chi connectivity index (χ3v) is 2.72. The summed E-state index contributed by atoms with van der Waals surface area (Å²) in [7, 11) is 0. The molecule has 0 amide bonds. The van der Waals surface area contributed by atoms with E-state index in [4.69, 9.17) is 9.26 Å². The Kier molecular flexibility index (Phi) is 3.85. The summed E-state index contributed by atoms with van der Waals surface area (Å²) in [6.45, 7) is 4.27. The molecule has 0 bridgehead atoms. The van der Waals surface area contributed by atoms with Crippen LogP contribution in [-0.2, 0) is 6.42 Å². The van der Waals surface area contributed by atoms with E-state index in [-0.39, 0.29) is 5.56 Å². The van der Waals surface area contributed by atoms with Gasteiger partial charge in [-0.1, -0.05) is 24.2 Å². The van der Waals surface area contributed by atoms with Crippen molar-refractivity contribution in [3.63, 3.8) is 0 Å². The lowest BCUT2D eigenvalue weighted by Crippen LogP contribution is -2.01. The van der Waals surface area contributed by atoms with Gasteiger partial charge in [0, 0.05) is 12.0 Å². The first-order chi connectivity index (χ1) is 9.17. The number of aromatic nitrogens is 1. The molecule has 0 spiro atoms. The van der Waals surface area contributed by atoms with Crippen LogP contribution < -0.4 is 4.74 Å². The van der Waals surface area contributed by atoms with Gasteiger partial charge in [-0.15, -0.1) is 0 Å². The Balaban J connectivity index is 2.49. The fourth-order valence-corrected chi connectivity index (χ4v) is 1.88. The lowest BCUT2D eigenvalue weighted by atomic mass is 10.0. The summed E-state index contributed by atoms with van der Waals surface area (Å²) in [4.78, 5) is 11.3. The van der Waals surface area contributed by atoms with Crippen LogP contribution in [-0.4, -0.2) is 22.8 Å². The van der Waals surface area contributed by atoms with E-state index >= 15 is 0 Å². The van der Waals surface area contributed by atoms with Crippen LogP contribution in [0.3, 0.4) is 0 Å². The first kappa shape index (κ1) is 13.1. The summed E-state index contributed by atoms with van der Waals surface area (Å²) in [6, 6.07) is 7.15. The minimum absolute atomic E-state index is 0.121. The van der Waals surface area contributed by atoms with Gasteiger partial charge in [0.15, 0.2) is 5.76 Å². The smallest absolute Gasteiger partial charge is 0.341 e. The first-order valence-electron chi connectivity index (χ1n) is 6.12. The lowest BCUT2D eigenvalue weighted by Gasteiger charge is -2.04. The Morgan fingerprint density at radius 1 is 1.42 bits per heavy atom. The molecule has 2 aromatic rings. The number of rotatable bonds is 5. The van der Waals surface area contributed by atoms with Crippen LogP contribution in [0.2, 0.25) is 0 Å². The fourth-order valence-electron chi connectivity index (χ4n) is 1.88. The molecule has 0 fully saturated rings. The van der Waals surface area contributed by atoms with Crippen LogP contribution in [0.1, 0.15) is 30.0 Å². The molecule has 0 atom stereocenters.